The van der Waals surface area contributed by atoms with Gasteiger partial charge in [0, 0.05) is 10.0 Å². The van der Waals surface area contributed by atoms with E-state index in [2.05, 4.69) is 26.5 Å². The summed E-state index contributed by atoms with van der Waals surface area (Å²) in [6.45, 7) is 0. The van der Waals surface area contributed by atoms with E-state index in [1.807, 2.05) is 0 Å². The Hall–Kier alpha value is -3.16. The first kappa shape index (κ1) is 20.6. The van der Waals surface area contributed by atoms with Crippen LogP contribution in [0.4, 0.5) is 0 Å². The van der Waals surface area contributed by atoms with E-state index in [0.717, 1.165) is 0 Å². The van der Waals surface area contributed by atoms with Gasteiger partial charge in [0.05, 0.1) is 13.3 Å². The van der Waals surface area contributed by atoms with E-state index in [1.54, 1.807) is 66.7 Å². The first-order valence-electron chi connectivity index (χ1n) is 8.70. The van der Waals surface area contributed by atoms with Crippen molar-refractivity contribution in [1.29, 1.82) is 0 Å². The fourth-order valence-corrected chi connectivity index (χ4v) is 3.28. The number of aliphatic hydroxyl groups is 1. The zero-order chi connectivity index (χ0) is 20.9. The third kappa shape index (κ3) is 4.31. The number of nitrogens with one attached hydrogen (secondary N) is 1. The molecule has 0 saturated heterocycles. The smallest absolute Gasteiger partial charge is 0.281 e. The van der Waals surface area contributed by atoms with Crippen molar-refractivity contribution in [3.05, 3.63) is 94.0 Å². The van der Waals surface area contributed by atoms with Crippen molar-refractivity contribution < 1.29 is 19.7 Å². The lowest BCUT2D eigenvalue weighted by Crippen LogP contribution is -2.43. The first-order valence-corrected chi connectivity index (χ1v) is 9.49. The predicted molar refractivity (Wildman–Crippen MR) is 114 cm³/mol. The van der Waals surface area contributed by atoms with Gasteiger partial charge in [0.2, 0.25) is 0 Å². The highest BCUT2D eigenvalue weighted by Crippen LogP contribution is 2.32. The highest BCUT2D eigenvalue weighted by Gasteiger charge is 2.39. The molecule has 3 N–H and O–H groups in total. The van der Waals surface area contributed by atoms with Gasteiger partial charge in [-0.05, 0) is 39.2 Å². The Labute approximate surface area is 176 Å². The van der Waals surface area contributed by atoms with Gasteiger partial charge in [-0.3, -0.25) is 4.79 Å². The zero-order valence-corrected chi connectivity index (χ0v) is 17.1. The van der Waals surface area contributed by atoms with Crippen molar-refractivity contribution >= 4 is 28.1 Å². The number of nitrogens with zero attached hydrogens (tertiary/aromatic N) is 1. The van der Waals surface area contributed by atoms with Crippen LogP contribution in [0.1, 0.15) is 16.7 Å². The van der Waals surface area contributed by atoms with E-state index in [1.165, 1.54) is 19.4 Å². The lowest BCUT2D eigenvalue weighted by Gasteiger charge is -2.27. The summed E-state index contributed by atoms with van der Waals surface area (Å²) in [4.78, 5) is 13.0. The summed E-state index contributed by atoms with van der Waals surface area (Å²) in [7, 11) is 1.44. The van der Waals surface area contributed by atoms with Gasteiger partial charge in [-0.25, -0.2) is 5.43 Å². The maximum absolute atomic E-state index is 13.0. The lowest BCUT2D eigenvalue weighted by molar-refractivity contribution is -0.136. The van der Waals surface area contributed by atoms with E-state index >= 15 is 0 Å². The maximum atomic E-state index is 13.0. The number of carbonyl (C=O) groups is 1. The molecule has 148 valence electrons. The fraction of sp³-hybridized carbons (Fsp3) is 0.0909. The molecule has 0 atom stereocenters. The molecule has 0 bridgehead atoms. The van der Waals surface area contributed by atoms with E-state index < -0.39 is 11.5 Å². The van der Waals surface area contributed by atoms with Gasteiger partial charge in [-0.1, -0.05) is 60.7 Å². The molecule has 29 heavy (non-hydrogen) atoms. The highest BCUT2D eigenvalue weighted by molar-refractivity contribution is 9.10. The van der Waals surface area contributed by atoms with E-state index in [9.17, 15) is 15.0 Å². The molecule has 3 aromatic rings. The Bertz CT molecular complexity index is 984. The van der Waals surface area contributed by atoms with Gasteiger partial charge >= 0.3 is 0 Å². The largest absolute Gasteiger partial charge is 0.504 e. The second-order valence-electron chi connectivity index (χ2n) is 6.19. The molecule has 0 unspecified atom stereocenters. The van der Waals surface area contributed by atoms with Crippen LogP contribution in [0, 0.1) is 0 Å². The topological polar surface area (TPSA) is 91.2 Å². The van der Waals surface area contributed by atoms with Crippen LogP contribution in [0.5, 0.6) is 11.5 Å². The van der Waals surface area contributed by atoms with Crippen molar-refractivity contribution in [2.24, 2.45) is 5.10 Å². The SMILES string of the molecule is COc1cc(/C=N/NC(=O)C(O)(c2ccccc2)c2ccccc2)c(Br)cc1O. The molecule has 6 nitrogen and oxygen atoms in total. The number of hydrogen-bond acceptors (Lipinski definition) is 5. The molecule has 3 rings (SSSR count). The van der Waals surface area contributed by atoms with E-state index in [4.69, 9.17) is 4.74 Å². The number of amides is 1. The van der Waals surface area contributed by atoms with Crippen LogP contribution >= 0.6 is 15.9 Å². The molecule has 3 aromatic carbocycles. The van der Waals surface area contributed by atoms with Gasteiger partial charge in [0.1, 0.15) is 0 Å². The number of benzene rings is 3. The number of phenols is 1. The molecule has 7 heteroatoms. The Morgan fingerprint density at radius 1 is 1.07 bits per heavy atom. The molecule has 0 saturated carbocycles. The van der Waals surface area contributed by atoms with Crippen LogP contribution in [-0.4, -0.2) is 29.4 Å². The fourth-order valence-electron chi connectivity index (χ4n) is 2.85. The molecule has 0 fully saturated rings. The molecule has 0 aliphatic carbocycles. The van der Waals surface area contributed by atoms with Crippen LogP contribution in [0.3, 0.4) is 0 Å². The molecule has 0 aromatic heterocycles. The minimum Gasteiger partial charge on any atom is -0.504 e. The molecule has 0 aliphatic heterocycles. The van der Waals surface area contributed by atoms with E-state index in [-0.39, 0.29) is 11.5 Å². The molecule has 1 amide bonds. The Morgan fingerprint density at radius 3 is 2.14 bits per heavy atom. The summed E-state index contributed by atoms with van der Waals surface area (Å²) in [5.74, 6) is -0.456. The van der Waals surface area contributed by atoms with Crippen LogP contribution < -0.4 is 10.2 Å². The molecular weight excluding hydrogens is 436 g/mol. The zero-order valence-electron chi connectivity index (χ0n) is 15.5. The molecule has 0 aliphatic rings. The van der Waals surface area contributed by atoms with Gasteiger partial charge in [-0.15, -0.1) is 0 Å². The van der Waals surface area contributed by atoms with Gasteiger partial charge in [-0.2, -0.15) is 5.10 Å². The second kappa shape index (κ2) is 8.89. The normalized spacial score (nSPS) is 11.4. The van der Waals surface area contributed by atoms with Crippen LogP contribution in [-0.2, 0) is 10.4 Å². The number of aromatic hydroxyl groups is 1. The van der Waals surface area contributed by atoms with Crippen molar-refractivity contribution in [1.82, 2.24) is 5.43 Å². The van der Waals surface area contributed by atoms with Crippen molar-refractivity contribution in [3.63, 3.8) is 0 Å². The molecule has 0 spiro atoms. The summed E-state index contributed by atoms with van der Waals surface area (Å²) in [5, 5.41) is 25.1. The summed E-state index contributed by atoms with van der Waals surface area (Å²) < 4.78 is 5.64. The number of carbonyl (C=O) groups excluding carboxylic acids is 1. The molecule has 0 heterocycles. The van der Waals surface area contributed by atoms with Crippen LogP contribution in [0.25, 0.3) is 0 Å². The monoisotopic (exact) mass is 454 g/mol. The average molecular weight is 455 g/mol. The summed E-state index contributed by atoms with van der Waals surface area (Å²) >= 11 is 3.32. The Balaban J connectivity index is 1.90. The maximum Gasteiger partial charge on any atom is 0.281 e. The summed E-state index contributed by atoms with van der Waals surface area (Å²) in [6.07, 6.45) is 1.39. The van der Waals surface area contributed by atoms with Gasteiger partial charge < -0.3 is 14.9 Å². The van der Waals surface area contributed by atoms with Crippen molar-refractivity contribution in [2.75, 3.05) is 7.11 Å². The Kier molecular flexibility index (Phi) is 6.31. The average Bonchev–Trinajstić information content (AvgIpc) is 2.75. The number of ether oxygens (including phenoxy) is 1. The Morgan fingerprint density at radius 2 is 1.62 bits per heavy atom. The third-order valence-electron chi connectivity index (χ3n) is 4.38. The molecule has 0 radical (unpaired) electrons. The van der Waals surface area contributed by atoms with Crippen molar-refractivity contribution in [2.45, 2.75) is 5.60 Å². The number of phenolic OH excluding ortho intramolecular Hbond substituents is 1. The third-order valence-corrected chi connectivity index (χ3v) is 5.07. The predicted octanol–water partition coefficient (Wildman–Crippen LogP) is 3.55. The van der Waals surface area contributed by atoms with Crippen LogP contribution in [0.15, 0.2) is 82.4 Å². The number of rotatable bonds is 6. The first-order chi connectivity index (χ1) is 14.0. The quantitative estimate of drug-likeness (QED) is 0.392. The highest BCUT2D eigenvalue weighted by atomic mass is 79.9. The second-order valence-corrected chi connectivity index (χ2v) is 7.04. The number of hydrogen-bond donors (Lipinski definition) is 3. The summed E-state index contributed by atoms with van der Waals surface area (Å²) in [6, 6.07) is 20.4. The van der Waals surface area contributed by atoms with Crippen molar-refractivity contribution in [3.8, 4) is 11.5 Å². The van der Waals surface area contributed by atoms with Gasteiger partial charge in [0.15, 0.2) is 17.1 Å². The number of methoxy groups -OCH3 is 1. The lowest BCUT2D eigenvalue weighted by atomic mass is 9.85. The number of hydrazone groups is 1. The van der Waals surface area contributed by atoms with E-state index in [0.29, 0.717) is 21.2 Å². The minimum absolute atomic E-state index is 0.0249. The standard InChI is InChI=1S/C22H19BrN2O4/c1-29-20-12-15(18(23)13-19(20)26)14-24-25-21(27)22(28,16-8-4-2-5-9-16)17-10-6-3-7-11-17/h2-14,26,28H,1H3,(H,25,27)/b24-14+. The number of halogens is 1. The van der Waals surface area contributed by atoms with Gasteiger partial charge in [0.25, 0.3) is 5.91 Å². The summed E-state index contributed by atoms with van der Waals surface area (Å²) in [5.41, 5.74) is 1.91. The minimum atomic E-state index is -1.91. The van der Waals surface area contributed by atoms with Crippen LogP contribution in [0.2, 0.25) is 0 Å². The molecular formula is C22H19BrN2O4.